The SMILES string of the molecule is CCCCNC(=O)[C@H](C)N(Cc1ccccc1Cl)C(=O)COc1ccccc1OC. The number of para-hydroxylation sites is 2. The molecule has 2 rings (SSSR count). The predicted molar refractivity (Wildman–Crippen MR) is 118 cm³/mol. The van der Waals surface area contributed by atoms with Crippen LogP contribution >= 0.6 is 11.6 Å². The molecule has 0 aromatic heterocycles. The first-order valence-electron chi connectivity index (χ1n) is 10.0. The lowest BCUT2D eigenvalue weighted by molar-refractivity contribution is -0.142. The van der Waals surface area contributed by atoms with Gasteiger partial charge in [0.15, 0.2) is 18.1 Å². The molecule has 2 aromatic rings. The highest BCUT2D eigenvalue weighted by Crippen LogP contribution is 2.26. The molecular formula is C23H29ClN2O4. The smallest absolute Gasteiger partial charge is 0.261 e. The van der Waals surface area contributed by atoms with Crippen molar-refractivity contribution in [3.63, 3.8) is 0 Å². The Bertz CT molecular complexity index is 843. The first-order valence-corrected chi connectivity index (χ1v) is 10.4. The molecule has 7 heteroatoms. The van der Waals surface area contributed by atoms with Crippen molar-refractivity contribution in [2.75, 3.05) is 20.3 Å². The summed E-state index contributed by atoms with van der Waals surface area (Å²) in [5, 5.41) is 3.43. The first-order chi connectivity index (χ1) is 14.5. The molecule has 0 fully saturated rings. The van der Waals surface area contributed by atoms with E-state index in [9.17, 15) is 9.59 Å². The Morgan fingerprint density at radius 3 is 2.43 bits per heavy atom. The lowest BCUT2D eigenvalue weighted by Crippen LogP contribution is -2.49. The van der Waals surface area contributed by atoms with Gasteiger partial charge in [0.25, 0.3) is 5.91 Å². The van der Waals surface area contributed by atoms with Crippen LogP contribution in [0.5, 0.6) is 11.5 Å². The number of amides is 2. The number of benzene rings is 2. The van der Waals surface area contributed by atoms with E-state index in [1.54, 1.807) is 31.2 Å². The van der Waals surface area contributed by atoms with Crippen LogP contribution in [0.25, 0.3) is 0 Å². The van der Waals surface area contributed by atoms with Gasteiger partial charge in [0, 0.05) is 18.1 Å². The number of nitrogens with one attached hydrogen (secondary N) is 1. The molecule has 162 valence electrons. The number of halogens is 1. The number of carbonyl (C=O) groups is 2. The number of hydrogen-bond donors (Lipinski definition) is 1. The zero-order chi connectivity index (χ0) is 21.9. The molecule has 2 aromatic carbocycles. The Balaban J connectivity index is 2.15. The molecule has 30 heavy (non-hydrogen) atoms. The summed E-state index contributed by atoms with van der Waals surface area (Å²) in [6.45, 7) is 4.32. The van der Waals surface area contributed by atoms with E-state index in [1.807, 2.05) is 24.3 Å². The minimum absolute atomic E-state index is 0.205. The van der Waals surface area contributed by atoms with Gasteiger partial charge >= 0.3 is 0 Å². The highest BCUT2D eigenvalue weighted by atomic mass is 35.5. The van der Waals surface area contributed by atoms with E-state index >= 15 is 0 Å². The first kappa shape index (κ1) is 23.5. The van der Waals surface area contributed by atoms with E-state index in [4.69, 9.17) is 21.1 Å². The van der Waals surface area contributed by atoms with Crippen molar-refractivity contribution in [1.82, 2.24) is 10.2 Å². The fourth-order valence-corrected chi connectivity index (χ4v) is 3.08. The van der Waals surface area contributed by atoms with E-state index in [2.05, 4.69) is 12.2 Å². The average molecular weight is 433 g/mol. The van der Waals surface area contributed by atoms with Crippen molar-refractivity contribution in [2.45, 2.75) is 39.3 Å². The van der Waals surface area contributed by atoms with Crippen LogP contribution in [0, 0.1) is 0 Å². The number of ether oxygens (including phenoxy) is 2. The van der Waals surface area contributed by atoms with Crippen molar-refractivity contribution in [2.24, 2.45) is 0 Å². The summed E-state index contributed by atoms with van der Waals surface area (Å²) in [4.78, 5) is 27.1. The molecule has 0 unspecified atom stereocenters. The summed E-state index contributed by atoms with van der Waals surface area (Å²) in [5.74, 6) is 0.472. The van der Waals surface area contributed by atoms with Crippen LogP contribution < -0.4 is 14.8 Å². The summed E-state index contributed by atoms with van der Waals surface area (Å²) in [7, 11) is 1.54. The molecule has 0 radical (unpaired) electrons. The maximum absolute atomic E-state index is 13.0. The topological polar surface area (TPSA) is 67.9 Å². The highest BCUT2D eigenvalue weighted by Gasteiger charge is 2.27. The van der Waals surface area contributed by atoms with E-state index < -0.39 is 6.04 Å². The van der Waals surface area contributed by atoms with Crippen molar-refractivity contribution < 1.29 is 19.1 Å². The minimum Gasteiger partial charge on any atom is -0.493 e. The van der Waals surface area contributed by atoms with Crippen LogP contribution in [-0.4, -0.2) is 43.0 Å². The van der Waals surface area contributed by atoms with Gasteiger partial charge in [-0.3, -0.25) is 9.59 Å². The molecule has 0 aliphatic rings. The Kier molecular flexibility index (Phi) is 9.48. The number of hydrogen-bond acceptors (Lipinski definition) is 4. The van der Waals surface area contributed by atoms with Crippen molar-refractivity contribution in [1.29, 1.82) is 0 Å². The van der Waals surface area contributed by atoms with Gasteiger partial charge in [-0.15, -0.1) is 0 Å². The van der Waals surface area contributed by atoms with Gasteiger partial charge in [0.1, 0.15) is 6.04 Å². The zero-order valence-electron chi connectivity index (χ0n) is 17.7. The molecule has 0 saturated heterocycles. The molecule has 0 heterocycles. The number of unbranched alkanes of at least 4 members (excludes halogenated alkanes) is 1. The van der Waals surface area contributed by atoms with Crippen molar-refractivity contribution in [3.8, 4) is 11.5 Å². The van der Waals surface area contributed by atoms with Gasteiger partial charge < -0.3 is 19.7 Å². The Hall–Kier alpha value is -2.73. The van der Waals surface area contributed by atoms with Gasteiger partial charge in [-0.1, -0.05) is 55.3 Å². The summed E-state index contributed by atoms with van der Waals surface area (Å²) in [6.07, 6.45) is 1.86. The third-order valence-electron chi connectivity index (χ3n) is 4.72. The van der Waals surface area contributed by atoms with Crippen LogP contribution in [-0.2, 0) is 16.1 Å². The summed E-state index contributed by atoms with van der Waals surface area (Å²) < 4.78 is 10.9. The minimum atomic E-state index is -0.674. The standard InChI is InChI=1S/C23H29ClN2O4/c1-4-5-14-25-23(28)17(2)26(15-18-10-6-7-11-19(18)24)22(27)16-30-21-13-9-8-12-20(21)29-3/h6-13,17H,4-5,14-16H2,1-3H3,(H,25,28)/t17-/m0/s1. The molecule has 1 atom stereocenters. The Morgan fingerprint density at radius 1 is 1.10 bits per heavy atom. The number of rotatable bonds is 11. The Morgan fingerprint density at radius 2 is 1.77 bits per heavy atom. The largest absolute Gasteiger partial charge is 0.493 e. The van der Waals surface area contributed by atoms with E-state index in [-0.39, 0.29) is 25.0 Å². The molecule has 0 spiro atoms. The van der Waals surface area contributed by atoms with E-state index in [0.717, 1.165) is 18.4 Å². The van der Waals surface area contributed by atoms with Gasteiger partial charge in [0.05, 0.1) is 7.11 Å². The van der Waals surface area contributed by atoms with Gasteiger partial charge in [-0.2, -0.15) is 0 Å². The van der Waals surface area contributed by atoms with E-state index in [1.165, 1.54) is 12.0 Å². The van der Waals surface area contributed by atoms with Crippen LogP contribution in [0.1, 0.15) is 32.3 Å². The molecule has 0 saturated carbocycles. The Labute approximate surface area is 183 Å². The van der Waals surface area contributed by atoms with Crippen LogP contribution in [0.2, 0.25) is 5.02 Å². The fraction of sp³-hybridized carbons (Fsp3) is 0.391. The van der Waals surface area contributed by atoms with Gasteiger partial charge in [0.2, 0.25) is 5.91 Å². The third-order valence-corrected chi connectivity index (χ3v) is 5.08. The maximum atomic E-state index is 13.0. The second-order valence-corrected chi connectivity index (χ2v) is 7.28. The third kappa shape index (κ3) is 6.66. The lowest BCUT2D eigenvalue weighted by Gasteiger charge is -2.29. The molecule has 0 aliphatic heterocycles. The molecule has 0 aliphatic carbocycles. The van der Waals surface area contributed by atoms with Crippen LogP contribution in [0.4, 0.5) is 0 Å². The fourth-order valence-electron chi connectivity index (χ4n) is 2.89. The molecule has 1 N–H and O–H groups in total. The van der Waals surface area contributed by atoms with Gasteiger partial charge in [-0.05, 0) is 37.1 Å². The average Bonchev–Trinajstić information content (AvgIpc) is 2.76. The van der Waals surface area contributed by atoms with Crippen LogP contribution in [0.15, 0.2) is 48.5 Å². The second kappa shape index (κ2) is 12.1. The second-order valence-electron chi connectivity index (χ2n) is 6.87. The molecule has 0 bridgehead atoms. The molecular weight excluding hydrogens is 404 g/mol. The number of nitrogens with zero attached hydrogens (tertiary/aromatic N) is 1. The normalized spacial score (nSPS) is 11.5. The van der Waals surface area contributed by atoms with Crippen molar-refractivity contribution >= 4 is 23.4 Å². The summed E-state index contributed by atoms with van der Waals surface area (Å²) in [6, 6.07) is 13.7. The van der Waals surface area contributed by atoms with Gasteiger partial charge in [-0.25, -0.2) is 0 Å². The number of carbonyl (C=O) groups excluding carboxylic acids is 2. The maximum Gasteiger partial charge on any atom is 0.261 e. The summed E-state index contributed by atoms with van der Waals surface area (Å²) in [5.41, 5.74) is 0.762. The molecule has 2 amide bonds. The quantitative estimate of drug-likeness (QED) is 0.544. The number of methoxy groups -OCH3 is 1. The lowest BCUT2D eigenvalue weighted by atomic mass is 10.1. The predicted octanol–water partition coefficient (Wildman–Crippen LogP) is 4.06. The summed E-state index contributed by atoms with van der Waals surface area (Å²) >= 11 is 6.29. The van der Waals surface area contributed by atoms with Crippen molar-refractivity contribution in [3.05, 3.63) is 59.1 Å². The zero-order valence-corrected chi connectivity index (χ0v) is 18.4. The monoisotopic (exact) mass is 432 g/mol. The molecule has 6 nitrogen and oxygen atoms in total. The van der Waals surface area contributed by atoms with E-state index in [0.29, 0.717) is 23.1 Å². The van der Waals surface area contributed by atoms with Crippen LogP contribution in [0.3, 0.4) is 0 Å². The highest BCUT2D eigenvalue weighted by molar-refractivity contribution is 6.31.